The molecule has 1 rings (SSSR count). The van der Waals surface area contributed by atoms with Gasteiger partial charge in [0.05, 0.1) is 11.3 Å². The van der Waals surface area contributed by atoms with E-state index in [2.05, 4.69) is 22.0 Å². The monoisotopic (exact) mass is 238 g/mol. The van der Waals surface area contributed by atoms with Crippen molar-refractivity contribution in [2.45, 2.75) is 5.33 Å². The average Bonchev–Trinajstić information content (AvgIpc) is 2.16. The summed E-state index contributed by atoms with van der Waals surface area (Å²) in [7, 11) is 3.87. The molecule has 0 aliphatic carbocycles. The van der Waals surface area contributed by atoms with Crippen LogP contribution in [0.15, 0.2) is 18.2 Å². The van der Waals surface area contributed by atoms with E-state index in [-0.39, 0.29) is 0 Å². The molecule has 68 valence electrons. The molecule has 1 aromatic rings. The van der Waals surface area contributed by atoms with E-state index in [1.807, 2.05) is 37.2 Å². The molecule has 0 aromatic heterocycles. The first-order valence-corrected chi connectivity index (χ1v) is 5.07. The van der Waals surface area contributed by atoms with Gasteiger partial charge in [-0.15, -0.1) is 0 Å². The highest BCUT2D eigenvalue weighted by molar-refractivity contribution is 9.08. The van der Waals surface area contributed by atoms with Crippen molar-refractivity contribution in [2.24, 2.45) is 0 Å². The van der Waals surface area contributed by atoms with Gasteiger partial charge in [0, 0.05) is 19.4 Å². The van der Waals surface area contributed by atoms with Gasteiger partial charge in [0.15, 0.2) is 0 Å². The molecule has 0 amide bonds. The average molecular weight is 239 g/mol. The molecule has 0 aliphatic heterocycles. The molecule has 0 atom stereocenters. The zero-order valence-electron chi connectivity index (χ0n) is 7.71. The molecule has 13 heavy (non-hydrogen) atoms. The first-order chi connectivity index (χ1) is 6.19. The topological polar surface area (TPSA) is 27.0 Å². The van der Waals surface area contributed by atoms with Gasteiger partial charge >= 0.3 is 0 Å². The van der Waals surface area contributed by atoms with Crippen LogP contribution in [0.25, 0.3) is 0 Å². The number of halogens is 1. The standard InChI is InChI=1S/C10H11BrN2/c1-13(2)10-4-3-8(6-11)5-9(10)7-12/h3-5H,6H2,1-2H3. The van der Waals surface area contributed by atoms with Crippen LogP contribution >= 0.6 is 15.9 Å². The Labute approximate surface area is 86.9 Å². The SMILES string of the molecule is CN(C)c1ccc(CBr)cc1C#N. The number of nitriles is 1. The second-order valence-electron chi connectivity index (χ2n) is 2.99. The minimum atomic E-state index is 0.724. The fourth-order valence-corrected chi connectivity index (χ4v) is 1.49. The lowest BCUT2D eigenvalue weighted by Gasteiger charge is -2.14. The molecular formula is C10H11BrN2. The lowest BCUT2D eigenvalue weighted by Crippen LogP contribution is -2.10. The maximum atomic E-state index is 8.90. The van der Waals surface area contributed by atoms with Crippen molar-refractivity contribution in [3.05, 3.63) is 29.3 Å². The van der Waals surface area contributed by atoms with Crippen LogP contribution in [0.5, 0.6) is 0 Å². The summed E-state index contributed by atoms with van der Waals surface area (Å²) in [5.74, 6) is 0. The van der Waals surface area contributed by atoms with Crippen LogP contribution < -0.4 is 4.90 Å². The quantitative estimate of drug-likeness (QED) is 0.741. The van der Waals surface area contributed by atoms with E-state index in [0.29, 0.717) is 0 Å². The van der Waals surface area contributed by atoms with Crippen LogP contribution in [0, 0.1) is 11.3 Å². The Hall–Kier alpha value is -1.01. The van der Waals surface area contributed by atoms with E-state index >= 15 is 0 Å². The van der Waals surface area contributed by atoms with E-state index in [4.69, 9.17) is 5.26 Å². The number of nitrogens with zero attached hydrogens (tertiary/aromatic N) is 2. The predicted molar refractivity (Wildman–Crippen MR) is 58.1 cm³/mol. The summed E-state index contributed by atoms with van der Waals surface area (Å²) in [5, 5.41) is 9.68. The minimum absolute atomic E-state index is 0.724. The third-order valence-electron chi connectivity index (χ3n) is 1.82. The van der Waals surface area contributed by atoms with Crippen molar-refractivity contribution in [3.8, 4) is 6.07 Å². The second-order valence-corrected chi connectivity index (χ2v) is 3.55. The van der Waals surface area contributed by atoms with Crippen molar-refractivity contribution >= 4 is 21.6 Å². The Kier molecular flexibility index (Phi) is 3.32. The van der Waals surface area contributed by atoms with Gasteiger partial charge in [-0.25, -0.2) is 0 Å². The number of rotatable bonds is 2. The largest absolute Gasteiger partial charge is 0.377 e. The minimum Gasteiger partial charge on any atom is -0.377 e. The number of alkyl halides is 1. The summed E-state index contributed by atoms with van der Waals surface area (Å²) in [6.45, 7) is 0. The van der Waals surface area contributed by atoms with E-state index in [1.54, 1.807) is 0 Å². The molecule has 0 saturated heterocycles. The van der Waals surface area contributed by atoms with Crippen LogP contribution in [0.2, 0.25) is 0 Å². The van der Waals surface area contributed by atoms with Crippen molar-refractivity contribution in [2.75, 3.05) is 19.0 Å². The van der Waals surface area contributed by atoms with Crippen LogP contribution in [-0.4, -0.2) is 14.1 Å². The molecule has 0 saturated carbocycles. The van der Waals surface area contributed by atoms with E-state index in [1.165, 1.54) is 0 Å². The molecule has 0 bridgehead atoms. The van der Waals surface area contributed by atoms with Crippen LogP contribution in [0.4, 0.5) is 5.69 Å². The van der Waals surface area contributed by atoms with Crippen LogP contribution in [0.1, 0.15) is 11.1 Å². The molecule has 0 aliphatic rings. The molecule has 0 N–H and O–H groups in total. The molecule has 3 heteroatoms. The predicted octanol–water partition coefficient (Wildman–Crippen LogP) is 2.52. The number of hydrogen-bond donors (Lipinski definition) is 0. The van der Waals surface area contributed by atoms with E-state index in [0.717, 1.165) is 22.1 Å². The van der Waals surface area contributed by atoms with Gasteiger partial charge in [0.2, 0.25) is 0 Å². The molecule has 0 spiro atoms. The van der Waals surface area contributed by atoms with Gasteiger partial charge in [0.1, 0.15) is 6.07 Å². The lowest BCUT2D eigenvalue weighted by molar-refractivity contribution is 1.12. The highest BCUT2D eigenvalue weighted by atomic mass is 79.9. The fourth-order valence-electron chi connectivity index (χ4n) is 1.15. The van der Waals surface area contributed by atoms with Crippen molar-refractivity contribution in [3.63, 3.8) is 0 Å². The van der Waals surface area contributed by atoms with Crippen molar-refractivity contribution in [1.82, 2.24) is 0 Å². The summed E-state index contributed by atoms with van der Waals surface area (Å²) in [6, 6.07) is 8.08. The third kappa shape index (κ3) is 2.22. The molecule has 0 heterocycles. The highest BCUT2D eigenvalue weighted by Crippen LogP contribution is 2.20. The number of anilines is 1. The Morgan fingerprint density at radius 2 is 2.15 bits per heavy atom. The van der Waals surface area contributed by atoms with Gasteiger partial charge in [-0.05, 0) is 17.7 Å². The zero-order chi connectivity index (χ0) is 9.84. The van der Waals surface area contributed by atoms with Gasteiger partial charge < -0.3 is 4.90 Å². The summed E-state index contributed by atoms with van der Waals surface area (Å²) in [6.07, 6.45) is 0. The zero-order valence-corrected chi connectivity index (χ0v) is 9.30. The molecule has 1 aromatic carbocycles. The van der Waals surface area contributed by atoms with Crippen LogP contribution in [-0.2, 0) is 5.33 Å². The normalized spacial score (nSPS) is 9.38. The summed E-state index contributed by atoms with van der Waals surface area (Å²) in [4.78, 5) is 1.94. The summed E-state index contributed by atoms with van der Waals surface area (Å²) < 4.78 is 0. The van der Waals surface area contributed by atoms with Gasteiger partial charge in [-0.2, -0.15) is 5.26 Å². The fraction of sp³-hybridized carbons (Fsp3) is 0.300. The van der Waals surface area contributed by atoms with Gasteiger partial charge in [-0.1, -0.05) is 22.0 Å². The molecule has 0 fully saturated rings. The maximum Gasteiger partial charge on any atom is 0.101 e. The maximum absolute atomic E-state index is 8.90. The Morgan fingerprint density at radius 1 is 1.46 bits per heavy atom. The molecule has 0 radical (unpaired) electrons. The van der Waals surface area contributed by atoms with Crippen LogP contribution in [0.3, 0.4) is 0 Å². The Bertz CT molecular complexity index is 339. The summed E-state index contributed by atoms with van der Waals surface area (Å²) >= 11 is 3.36. The third-order valence-corrected chi connectivity index (χ3v) is 2.47. The van der Waals surface area contributed by atoms with Gasteiger partial charge in [0.25, 0.3) is 0 Å². The lowest BCUT2D eigenvalue weighted by atomic mass is 10.1. The smallest absolute Gasteiger partial charge is 0.101 e. The van der Waals surface area contributed by atoms with E-state index in [9.17, 15) is 0 Å². The van der Waals surface area contributed by atoms with Gasteiger partial charge in [-0.3, -0.25) is 0 Å². The Balaban J connectivity index is 3.18. The second kappa shape index (κ2) is 4.29. The summed E-state index contributed by atoms with van der Waals surface area (Å²) in [5.41, 5.74) is 2.82. The number of benzene rings is 1. The Morgan fingerprint density at radius 3 is 2.62 bits per heavy atom. The molecule has 0 unspecified atom stereocenters. The molecule has 2 nitrogen and oxygen atoms in total. The van der Waals surface area contributed by atoms with Crippen molar-refractivity contribution in [1.29, 1.82) is 5.26 Å². The van der Waals surface area contributed by atoms with Crippen molar-refractivity contribution < 1.29 is 0 Å². The highest BCUT2D eigenvalue weighted by Gasteiger charge is 2.03. The number of hydrogen-bond acceptors (Lipinski definition) is 2. The first-order valence-electron chi connectivity index (χ1n) is 3.95. The van der Waals surface area contributed by atoms with E-state index < -0.39 is 0 Å². The first kappa shape index (κ1) is 10.1. The molecular weight excluding hydrogens is 228 g/mol.